The molecule has 6 heteroatoms. The van der Waals surface area contributed by atoms with E-state index in [1.165, 1.54) is 0 Å². The quantitative estimate of drug-likeness (QED) is 0.844. The summed E-state index contributed by atoms with van der Waals surface area (Å²) in [6, 6.07) is 0.861. The van der Waals surface area contributed by atoms with Crippen molar-refractivity contribution in [2.24, 2.45) is 0 Å². The Morgan fingerprint density at radius 2 is 2.10 bits per heavy atom. The lowest BCUT2D eigenvalue weighted by molar-refractivity contribution is -0.139. The van der Waals surface area contributed by atoms with Crippen LogP contribution in [0.3, 0.4) is 0 Å². The molecule has 0 saturated heterocycles. The summed E-state index contributed by atoms with van der Waals surface area (Å²) < 4.78 is 7.08. The molecule has 0 bridgehead atoms. The van der Waals surface area contributed by atoms with Gasteiger partial charge in [-0.2, -0.15) is 0 Å². The molecular weight excluding hydrogens is 272 g/mol. The molecule has 2 N–H and O–H groups in total. The highest BCUT2D eigenvalue weighted by atomic mass is 16.6. The predicted octanol–water partition coefficient (Wildman–Crippen LogP) is 2.42. The van der Waals surface area contributed by atoms with E-state index >= 15 is 0 Å². The molecule has 118 valence electrons. The van der Waals surface area contributed by atoms with E-state index < -0.39 is 23.7 Å². The highest BCUT2D eigenvalue weighted by molar-refractivity contribution is 5.80. The fraction of sp³-hybridized carbons (Fsp3) is 0.600. The number of aliphatic carboxylic acids is 1. The smallest absolute Gasteiger partial charge is 0.408 e. The first kappa shape index (κ1) is 17.1. The third-order valence-electron chi connectivity index (χ3n) is 2.72. The average Bonchev–Trinajstić information content (AvgIpc) is 2.73. The van der Waals surface area contributed by atoms with Gasteiger partial charge >= 0.3 is 12.1 Å². The van der Waals surface area contributed by atoms with Crippen molar-refractivity contribution in [3.05, 3.63) is 24.0 Å². The molecule has 1 aromatic rings. The van der Waals surface area contributed by atoms with Crippen LogP contribution in [0.5, 0.6) is 0 Å². The Morgan fingerprint density at radius 1 is 1.43 bits per heavy atom. The third kappa shape index (κ3) is 6.33. The Kier molecular flexibility index (Phi) is 5.81. The van der Waals surface area contributed by atoms with Crippen molar-refractivity contribution >= 4 is 12.1 Å². The van der Waals surface area contributed by atoms with Crippen LogP contribution in [0.2, 0.25) is 0 Å². The van der Waals surface area contributed by atoms with Crippen molar-refractivity contribution in [3.8, 4) is 0 Å². The molecule has 1 amide bonds. The predicted molar refractivity (Wildman–Crippen MR) is 79.2 cm³/mol. The van der Waals surface area contributed by atoms with E-state index in [-0.39, 0.29) is 6.42 Å². The topological polar surface area (TPSA) is 80.6 Å². The zero-order chi connectivity index (χ0) is 16.0. The van der Waals surface area contributed by atoms with Crippen LogP contribution in [0.25, 0.3) is 0 Å². The largest absolute Gasteiger partial charge is 0.480 e. The number of carboxylic acid groups (broad SMARTS) is 1. The van der Waals surface area contributed by atoms with E-state index in [0.717, 1.165) is 18.5 Å². The molecule has 0 spiro atoms. The fourth-order valence-corrected chi connectivity index (χ4v) is 1.89. The van der Waals surface area contributed by atoms with Crippen molar-refractivity contribution in [2.75, 3.05) is 0 Å². The minimum Gasteiger partial charge on any atom is -0.480 e. The van der Waals surface area contributed by atoms with Gasteiger partial charge in [-0.3, -0.25) is 0 Å². The van der Waals surface area contributed by atoms with E-state index in [1.54, 1.807) is 20.8 Å². The molecule has 0 saturated carbocycles. The Morgan fingerprint density at radius 3 is 2.62 bits per heavy atom. The van der Waals surface area contributed by atoms with E-state index in [1.807, 2.05) is 23.0 Å². The van der Waals surface area contributed by atoms with Gasteiger partial charge in [-0.15, -0.1) is 0 Å². The highest BCUT2D eigenvalue weighted by Crippen LogP contribution is 2.09. The Labute approximate surface area is 125 Å². The molecule has 6 nitrogen and oxygen atoms in total. The number of carbonyl (C=O) groups is 2. The van der Waals surface area contributed by atoms with Gasteiger partial charge in [0, 0.05) is 25.4 Å². The molecule has 1 rings (SSSR count). The van der Waals surface area contributed by atoms with Gasteiger partial charge in [-0.05, 0) is 38.8 Å². The number of amides is 1. The molecule has 0 radical (unpaired) electrons. The molecule has 1 atom stereocenters. The summed E-state index contributed by atoms with van der Waals surface area (Å²) in [4.78, 5) is 22.9. The Balaban J connectivity index is 2.65. The van der Waals surface area contributed by atoms with E-state index in [9.17, 15) is 14.7 Å². The van der Waals surface area contributed by atoms with Gasteiger partial charge in [0.05, 0.1) is 0 Å². The summed E-state index contributed by atoms with van der Waals surface area (Å²) in [6.07, 6.45) is 4.32. The van der Waals surface area contributed by atoms with Gasteiger partial charge in [0.15, 0.2) is 0 Å². The number of ether oxygens (including phenoxy) is 1. The first-order chi connectivity index (χ1) is 9.71. The van der Waals surface area contributed by atoms with Crippen LogP contribution < -0.4 is 5.32 Å². The number of nitrogens with zero attached hydrogens (tertiary/aromatic N) is 1. The average molecular weight is 296 g/mol. The van der Waals surface area contributed by atoms with Crippen LogP contribution in [-0.2, 0) is 22.5 Å². The molecule has 0 aromatic carbocycles. The Hall–Kier alpha value is -1.98. The van der Waals surface area contributed by atoms with E-state index in [2.05, 4.69) is 12.2 Å². The Bertz CT molecular complexity index is 488. The molecule has 0 aliphatic carbocycles. The van der Waals surface area contributed by atoms with Gasteiger partial charge in [-0.25, -0.2) is 9.59 Å². The number of carboxylic acids is 1. The zero-order valence-corrected chi connectivity index (χ0v) is 13.0. The van der Waals surface area contributed by atoms with Gasteiger partial charge in [-0.1, -0.05) is 6.92 Å². The lowest BCUT2D eigenvalue weighted by Crippen LogP contribution is -2.44. The third-order valence-corrected chi connectivity index (χ3v) is 2.72. The lowest BCUT2D eigenvalue weighted by atomic mass is 10.1. The molecular formula is C15H24N2O4. The maximum atomic E-state index is 11.7. The van der Waals surface area contributed by atoms with Gasteiger partial charge in [0.25, 0.3) is 0 Å². The fourth-order valence-electron chi connectivity index (χ4n) is 1.89. The minimum absolute atomic E-state index is 0.227. The second kappa shape index (κ2) is 7.15. The maximum Gasteiger partial charge on any atom is 0.408 e. The highest BCUT2D eigenvalue weighted by Gasteiger charge is 2.24. The lowest BCUT2D eigenvalue weighted by Gasteiger charge is -2.21. The normalized spacial score (nSPS) is 12.8. The molecule has 0 fully saturated rings. The van der Waals surface area contributed by atoms with Crippen molar-refractivity contribution in [1.29, 1.82) is 0 Å². The van der Waals surface area contributed by atoms with Crippen molar-refractivity contribution in [1.82, 2.24) is 9.88 Å². The molecule has 1 aromatic heterocycles. The molecule has 21 heavy (non-hydrogen) atoms. The number of aryl methyl sites for hydroxylation is 1. The number of rotatable bonds is 6. The van der Waals surface area contributed by atoms with Crippen LogP contribution in [-0.4, -0.2) is 33.4 Å². The van der Waals surface area contributed by atoms with Crippen LogP contribution >= 0.6 is 0 Å². The molecule has 0 aliphatic rings. The number of nitrogens with one attached hydrogen (secondary N) is 1. The van der Waals surface area contributed by atoms with E-state index in [0.29, 0.717) is 0 Å². The van der Waals surface area contributed by atoms with Crippen molar-refractivity contribution in [3.63, 3.8) is 0 Å². The first-order valence-electron chi connectivity index (χ1n) is 7.08. The van der Waals surface area contributed by atoms with E-state index in [4.69, 9.17) is 4.74 Å². The summed E-state index contributed by atoms with van der Waals surface area (Å²) in [5.41, 5.74) is 0.212. The second-order valence-corrected chi connectivity index (χ2v) is 6.00. The summed E-state index contributed by atoms with van der Waals surface area (Å²) in [6.45, 7) is 8.15. The SMILES string of the molecule is CCCn1ccc(CC(NC(=O)OC(C)(C)C)C(=O)O)c1. The first-order valence-corrected chi connectivity index (χ1v) is 7.08. The van der Waals surface area contributed by atoms with Crippen LogP contribution in [0.1, 0.15) is 39.7 Å². The summed E-state index contributed by atoms with van der Waals surface area (Å²) in [7, 11) is 0. The van der Waals surface area contributed by atoms with Crippen LogP contribution in [0, 0.1) is 0 Å². The van der Waals surface area contributed by atoms with Gasteiger partial charge < -0.3 is 19.7 Å². The number of aromatic nitrogens is 1. The molecule has 0 aliphatic heterocycles. The summed E-state index contributed by atoms with van der Waals surface area (Å²) in [5, 5.41) is 11.6. The summed E-state index contributed by atoms with van der Waals surface area (Å²) in [5.74, 6) is -1.08. The maximum absolute atomic E-state index is 11.7. The standard InChI is InChI=1S/C15H24N2O4/c1-5-7-17-8-6-11(10-17)9-12(13(18)19)16-14(20)21-15(2,3)4/h6,8,10,12H,5,7,9H2,1-4H3,(H,16,20)(H,18,19). The second-order valence-electron chi connectivity index (χ2n) is 6.00. The number of hydrogen-bond acceptors (Lipinski definition) is 3. The minimum atomic E-state index is -1.08. The van der Waals surface area contributed by atoms with Crippen LogP contribution in [0.4, 0.5) is 4.79 Å². The van der Waals surface area contributed by atoms with Gasteiger partial charge in [0.1, 0.15) is 11.6 Å². The number of alkyl carbamates (subject to hydrolysis) is 1. The van der Waals surface area contributed by atoms with Gasteiger partial charge in [0.2, 0.25) is 0 Å². The number of carbonyl (C=O) groups excluding carboxylic acids is 1. The van der Waals surface area contributed by atoms with Crippen molar-refractivity contribution < 1.29 is 19.4 Å². The monoisotopic (exact) mass is 296 g/mol. The van der Waals surface area contributed by atoms with Crippen molar-refractivity contribution in [2.45, 2.75) is 58.7 Å². The van der Waals surface area contributed by atoms with Crippen LogP contribution in [0.15, 0.2) is 18.5 Å². The molecule has 1 heterocycles. The molecule has 1 unspecified atom stereocenters. The zero-order valence-electron chi connectivity index (χ0n) is 13.0. The summed E-state index contributed by atoms with van der Waals surface area (Å²) >= 11 is 0. The number of hydrogen-bond donors (Lipinski definition) is 2.